The number of carbonyl (C=O) groups is 2. The molecule has 37 heavy (non-hydrogen) atoms. The van der Waals surface area contributed by atoms with Crippen molar-refractivity contribution in [3.8, 4) is 22.9 Å². The molecule has 0 fully saturated rings. The topological polar surface area (TPSA) is 165 Å². The van der Waals surface area contributed by atoms with Crippen molar-refractivity contribution in [2.45, 2.75) is 18.9 Å². The Morgan fingerprint density at radius 3 is 2.78 bits per heavy atom. The highest BCUT2D eigenvalue weighted by atomic mass is 19.1. The number of anilines is 1. The number of benzene rings is 1. The molecule has 1 atom stereocenters. The van der Waals surface area contributed by atoms with E-state index in [1.165, 1.54) is 37.0 Å². The Morgan fingerprint density at radius 1 is 1.19 bits per heavy atom. The summed E-state index contributed by atoms with van der Waals surface area (Å²) in [4.78, 5) is 32.8. The van der Waals surface area contributed by atoms with Gasteiger partial charge in [0.2, 0.25) is 5.91 Å². The minimum absolute atomic E-state index is 0.121. The van der Waals surface area contributed by atoms with Crippen molar-refractivity contribution in [1.82, 2.24) is 35.1 Å². The number of halogens is 1. The minimum Gasteiger partial charge on any atom is -0.481 e. The van der Waals surface area contributed by atoms with Crippen LogP contribution in [0.2, 0.25) is 0 Å². The normalized spacial score (nSPS) is 11.8. The first-order valence-electron chi connectivity index (χ1n) is 11.0. The van der Waals surface area contributed by atoms with E-state index >= 15 is 0 Å². The summed E-state index contributed by atoms with van der Waals surface area (Å²) in [5, 5.41) is 26.9. The van der Waals surface area contributed by atoms with Crippen LogP contribution in [0.15, 0.2) is 71.8 Å². The highest BCUT2D eigenvalue weighted by Gasteiger charge is 2.25. The second-order valence-electron chi connectivity index (χ2n) is 7.99. The molecule has 0 saturated heterocycles. The van der Waals surface area contributed by atoms with Crippen LogP contribution < -0.4 is 5.32 Å². The van der Waals surface area contributed by atoms with Gasteiger partial charge in [-0.1, -0.05) is 23.4 Å². The summed E-state index contributed by atoms with van der Waals surface area (Å²) in [6.07, 6.45) is 5.32. The van der Waals surface area contributed by atoms with Crippen LogP contribution in [0, 0.1) is 5.82 Å². The van der Waals surface area contributed by atoms with Crippen molar-refractivity contribution in [2.24, 2.45) is 0 Å². The van der Waals surface area contributed by atoms with E-state index in [4.69, 9.17) is 4.52 Å². The van der Waals surface area contributed by atoms with Gasteiger partial charge in [0, 0.05) is 36.0 Å². The van der Waals surface area contributed by atoms with E-state index in [0.29, 0.717) is 28.2 Å². The first-order valence-corrected chi connectivity index (χ1v) is 11.0. The second-order valence-corrected chi connectivity index (χ2v) is 7.99. The maximum Gasteiger partial charge on any atom is 0.311 e. The first kappa shape index (κ1) is 23.5. The number of carboxylic acids is 1. The van der Waals surface area contributed by atoms with Crippen LogP contribution in [0.25, 0.3) is 22.9 Å². The van der Waals surface area contributed by atoms with Gasteiger partial charge in [-0.2, -0.15) is 10.2 Å². The lowest BCUT2D eigenvalue weighted by atomic mass is 9.99. The van der Waals surface area contributed by atoms with Crippen LogP contribution >= 0.6 is 0 Å². The van der Waals surface area contributed by atoms with Crippen molar-refractivity contribution in [3.05, 3.63) is 84.3 Å². The van der Waals surface area contributed by atoms with Gasteiger partial charge >= 0.3 is 5.97 Å². The molecule has 0 aliphatic heterocycles. The molecular weight excluding hydrogens is 483 g/mol. The lowest BCUT2D eigenvalue weighted by Gasteiger charge is -2.10. The molecule has 186 valence electrons. The number of carbonyl (C=O) groups excluding carboxylic acids is 1. The SMILES string of the molecule is O=C(CC(C(=O)O)c1cn[nH]c1)Nc1ccnc(-c2cc(-c3ccon3)n(Cc3ccccc3F)n2)n1. The predicted octanol–water partition coefficient (Wildman–Crippen LogP) is 3.10. The number of amides is 1. The summed E-state index contributed by atoms with van der Waals surface area (Å²) in [6.45, 7) is 0.121. The van der Waals surface area contributed by atoms with Crippen LogP contribution in [-0.4, -0.2) is 52.1 Å². The van der Waals surface area contributed by atoms with Crippen LogP contribution in [0.5, 0.6) is 0 Å². The largest absolute Gasteiger partial charge is 0.481 e. The molecular formula is C24H19FN8O4. The Labute approximate surface area is 208 Å². The molecule has 0 saturated carbocycles. The lowest BCUT2D eigenvalue weighted by Crippen LogP contribution is -2.21. The third kappa shape index (κ3) is 5.24. The van der Waals surface area contributed by atoms with Gasteiger partial charge < -0.3 is 14.9 Å². The smallest absolute Gasteiger partial charge is 0.311 e. The average molecular weight is 502 g/mol. The minimum atomic E-state index is -1.15. The Kier molecular flexibility index (Phi) is 6.48. The van der Waals surface area contributed by atoms with Gasteiger partial charge in [0.1, 0.15) is 29.3 Å². The van der Waals surface area contributed by atoms with E-state index in [-0.39, 0.29) is 30.4 Å². The highest BCUT2D eigenvalue weighted by Crippen LogP contribution is 2.26. The molecule has 4 heterocycles. The third-order valence-electron chi connectivity index (χ3n) is 5.52. The molecule has 0 radical (unpaired) electrons. The summed E-state index contributed by atoms with van der Waals surface area (Å²) < 4.78 is 20.8. The zero-order valence-electron chi connectivity index (χ0n) is 19.1. The predicted molar refractivity (Wildman–Crippen MR) is 126 cm³/mol. The Bertz CT molecular complexity index is 1530. The number of nitrogens with zero attached hydrogens (tertiary/aromatic N) is 6. The zero-order valence-corrected chi connectivity index (χ0v) is 19.1. The Morgan fingerprint density at radius 2 is 2.05 bits per heavy atom. The fourth-order valence-electron chi connectivity index (χ4n) is 3.72. The van der Waals surface area contributed by atoms with Gasteiger partial charge in [0.05, 0.1) is 24.4 Å². The average Bonchev–Trinajstić information content (AvgIpc) is 3.66. The van der Waals surface area contributed by atoms with Crippen molar-refractivity contribution in [1.29, 1.82) is 0 Å². The van der Waals surface area contributed by atoms with E-state index in [1.807, 2.05) is 0 Å². The molecule has 1 amide bonds. The molecule has 13 heteroatoms. The number of aliphatic carboxylic acids is 1. The van der Waals surface area contributed by atoms with Gasteiger partial charge in [0.15, 0.2) is 5.82 Å². The Hall–Kier alpha value is -5.20. The van der Waals surface area contributed by atoms with E-state index in [2.05, 4.69) is 35.7 Å². The van der Waals surface area contributed by atoms with Crippen molar-refractivity contribution < 1.29 is 23.6 Å². The summed E-state index contributed by atoms with van der Waals surface area (Å²) >= 11 is 0. The number of hydrogen-bond donors (Lipinski definition) is 3. The molecule has 12 nitrogen and oxygen atoms in total. The molecule has 4 aromatic heterocycles. The molecule has 5 aromatic rings. The molecule has 0 aliphatic carbocycles. The van der Waals surface area contributed by atoms with Crippen LogP contribution in [0.1, 0.15) is 23.5 Å². The van der Waals surface area contributed by atoms with E-state index in [9.17, 15) is 19.1 Å². The lowest BCUT2D eigenvalue weighted by molar-refractivity contribution is -0.140. The molecule has 1 aromatic carbocycles. The van der Waals surface area contributed by atoms with Crippen LogP contribution in [0.3, 0.4) is 0 Å². The van der Waals surface area contributed by atoms with Gasteiger partial charge in [-0.05, 0) is 18.2 Å². The third-order valence-corrected chi connectivity index (χ3v) is 5.52. The fourth-order valence-corrected chi connectivity index (χ4v) is 3.72. The summed E-state index contributed by atoms with van der Waals surface area (Å²) in [5.74, 6) is -2.79. The highest BCUT2D eigenvalue weighted by molar-refractivity contribution is 5.94. The number of aromatic nitrogens is 7. The number of hydrogen-bond acceptors (Lipinski definition) is 8. The first-order chi connectivity index (χ1) is 18.0. The summed E-state index contributed by atoms with van der Waals surface area (Å²) in [6, 6.07) is 11.2. The zero-order chi connectivity index (χ0) is 25.8. The number of nitrogens with one attached hydrogen (secondary N) is 2. The summed E-state index contributed by atoms with van der Waals surface area (Å²) in [7, 11) is 0. The fraction of sp³-hybridized carbons (Fsp3) is 0.125. The van der Waals surface area contributed by atoms with Gasteiger partial charge in [-0.25, -0.2) is 14.4 Å². The molecule has 0 aliphatic rings. The standard InChI is InChI=1S/C24H19FN8O4/c25-17-4-2-1-3-14(17)13-33-20(18-6-8-37-32-18)10-19(31-33)23-26-7-5-21(30-23)29-22(34)9-16(24(35)36)15-11-27-28-12-15/h1-8,10-12,16H,9,13H2,(H,27,28)(H,35,36)(H,26,29,30,34). The van der Waals surface area contributed by atoms with Crippen LogP contribution in [0.4, 0.5) is 10.2 Å². The quantitative estimate of drug-likeness (QED) is 0.275. The Balaban J connectivity index is 1.39. The number of aromatic amines is 1. The van der Waals surface area contributed by atoms with Gasteiger partial charge in [-0.3, -0.25) is 19.4 Å². The van der Waals surface area contributed by atoms with Crippen LogP contribution in [-0.2, 0) is 16.1 Å². The van der Waals surface area contributed by atoms with E-state index in [1.54, 1.807) is 35.0 Å². The second kappa shape index (κ2) is 10.2. The summed E-state index contributed by atoms with van der Waals surface area (Å²) in [5.41, 5.74) is 2.20. The van der Waals surface area contributed by atoms with Crippen molar-refractivity contribution in [2.75, 3.05) is 5.32 Å². The maximum absolute atomic E-state index is 14.3. The molecule has 5 rings (SSSR count). The number of carboxylic acid groups (broad SMARTS) is 1. The maximum atomic E-state index is 14.3. The number of H-pyrrole nitrogens is 1. The van der Waals surface area contributed by atoms with E-state index < -0.39 is 17.8 Å². The monoisotopic (exact) mass is 502 g/mol. The van der Waals surface area contributed by atoms with E-state index in [0.717, 1.165) is 0 Å². The molecule has 1 unspecified atom stereocenters. The number of rotatable bonds is 9. The van der Waals surface area contributed by atoms with Gasteiger partial charge in [0.25, 0.3) is 0 Å². The molecule has 3 N–H and O–H groups in total. The van der Waals surface area contributed by atoms with Crippen molar-refractivity contribution in [3.63, 3.8) is 0 Å². The van der Waals surface area contributed by atoms with Gasteiger partial charge in [-0.15, -0.1) is 0 Å². The molecule has 0 bridgehead atoms. The van der Waals surface area contributed by atoms with Crippen molar-refractivity contribution >= 4 is 17.7 Å². The molecule has 0 spiro atoms.